The highest BCUT2D eigenvalue weighted by Gasteiger charge is 2.39. The third kappa shape index (κ3) is 5.59. The summed E-state index contributed by atoms with van der Waals surface area (Å²) >= 11 is 0. The van der Waals surface area contributed by atoms with E-state index in [0.29, 0.717) is 5.41 Å². The van der Waals surface area contributed by atoms with Gasteiger partial charge in [0, 0.05) is 39.3 Å². The summed E-state index contributed by atoms with van der Waals surface area (Å²) < 4.78 is 0. The minimum absolute atomic E-state index is 0.604. The minimum atomic E-state index is 0.604. The first-order valence-corrected chi connectivity index (χ1v) is 11.1. The highest BCUT2D eigenvalue weighted by atomic mass is 15.3. The summed E-state index contributed by atoms with van der Waals surface area (Å²) in [6, 6.07) is 0. The van der Waals surface area contributed by atoms with Crippen molar-refractivity contribution in [1.82, 2.24) is 20.0 Å². The zero-order valence-electron chi connectivity index (χ0n) is 17.3. The number of likely N-dealkylation sites (tertiary alicyclic amines) is 1. The summed E-state index contributed by atoms with van der Waals surface area (Å²) in [7, 11) is 2.24. The molecule has 150 valence electrons. The standard InChI is InChI=1S/C21H41N5/c1-3-22-20(26-16-11-21(19-26)9-5-4-6-10-21)23-12-7-14-25-15-8-13-24(2)17-18-25/h3-19H2,1-2H3,(H,22,23). The molecule has 1 spiro atoms. The van der Waals surface area contributed by atoms with E-state index in [2.05, 4.69) is 34.0 Å². The van der Waals surface area contributed by atoms with E-state index in [1.54, 1.807) is 0 Å². The molecule has 0 radical (unpaired) electrons. The summed E-state index contributed by atoms with van der Waals surface area (Å²) in [5.41, 5.74) is 0.604. The van der Waals surface area contributed by atoms with Gasteiger partial charge in [0.1, 0.15) is 0 Å². The van der Waals surface area contributed by atoms with E-state index in [1.165, 1.54) is 103 Å². The van der Waals surface area contributed by atoms with Crippen LogP contribution in [-0.2, 0) is 0 Å². The number of hydrogen-bond donors (Lipinski definition) is 1. The van der Waals surface area contributed by atoms with E-state index in [4.69, 9.17) is 4.99 Å². The van der Waals surface area contributed by atoms with Gasteiger partial charge in [-0.3, -0.25) is 4.99 Å². The topological polar surface area (TPSA) is 34.1 Å². The Morgan fingerprint density at radius 3 is 2.62 bits per heavy atom. The van der Waals surface area contributed by atoms with Gasteiger partial charge < -0.3 is 20.0 Å². The van der Waals surface area contributed by atoms with Crippen LogP contribution in [0.1, 0.15) is 58.3 Å². The van der Waals surface area contributed by atoms with E-state index < -0.39 is 0 Å². The van der Waals surface area contributed by atoms with E-state index in [1.807, 2.05) is 0 Å². The fourth-order valence-corrected chi connectivity index (χ4v) is 5.05. The first kappa shape index (κ1) is 19.9. The quantitative estimate of drug-likeness (QED) is 0.463. The number of nitrogens with one attached hydrogen (secondary N) is 1. The van der Waals surface area contributed by atoms with Gasteiger partial charge in [0.2, 0.25) is 0 Å². The number of hydrogen-bond acceptors (Lipinski definition) is 3. The Balaban J connectivity index is 1.45. The summed E-state index contributed by atoms with van der Waals surface area (Å²) in [5.74, 6) is 1.17. The zero-order chi connectivity index (χ0) is 18.2. The summed E-state index contributed by atoms with van der Waals surface area (Å²) in [6.45, 7) is 12.7. The fourth-order valence-electron chi connectivity index (χ4n) is 5.05. The molecular formula is C21H41N5. The van der Waals surface area contributed by atoms with Crippen molar-refractivity contribution >= 4 is 5.96 Å². The summed E-state index contributed by atoms with van der Waals surface area (Å²) in [4.78, 5) is 12.6. The van der Waals surface area contributed by atoms with Crippen LogP contribution < -0.4 is 5.32 Å². The van der Waals surface area contributed by atoms with Gasteiger partial charge in [0.05, 0.1) is 0 Å². The summed E-state index contributed by atoms with van der Waals surface area (Å²) in [6.07, 6.45) is 11.1. The van der Waals surface area contributed by atoms with Crippen LogP contribution in [-0.4, -0.2) is 86.6 Å². The second kappa shape index (κ2) is 9.93. The molecule has 0 aromatic rings. The van der Waals surface area contributed by atoms with Crippen LogP contribution in [0.25, 0.3) is 0 Å². The second-order valence-electron chi connectivity index (χ2n) is 8.82. The lowest BCUT2D eigenvalue weighted by Gasteiger charge is -2.33. The third-order valence-corrected chi connectivity index (χ3v) is 6.69. The SMILES string of the molecule is CCNC(=NCCCN1CCCN(C)CC1)N1CCC2(CCCCC2)C1. The lowest BCUT2D eigenvalue weighted by molar-refractivity contribution is 0.203. The largest absolute Gasteiger partial charge is 0.357 e. The Morgan fingerprint density at radius 1 is 0.962 bits per heavy atom. The number of guanidine groups is 1. The molecule has 0 atom stereocenters. The monoisotopic (exact) mass is 363 g/mol. The Kier molecular flexibility index (Phi) is 7.62. The van der Waals surface area contributed by atoms with Crippen LogP contribution in [0.3, 0.4) is 0 Å². The van der Waals surface area contributed by atoms with Crippen molar-refractivity contribution in [3.63, 3.8) is 0 Å². The smallest absolute Gasteiger partial charge is 0.193 e. The van der Waals surface area contributed by atoms with Crippen molar-refractivity contribution in [3.05, 3.63) is 0 Å². The van der Waals surface area contributed by atoms with Crippen molar-refractivity contribution in [2.75, 3.05) is 66.0 Å². The molecule has 2 heterocycles. The molecule has 3 aliphatic rings. The van der Waals surface area contributed by atoms with Crippen LogP contribution in [0.2, 0.25) is 0 Å². The number of aliphatic imine (C=N–C) groups is 1. The molecule has 26 heavy (non-hydrogen) atoms. The molecular weight excluding hydrogens is 322 g/mol. The van der Waals surface area contributed by atoms with Crippen LogP contribution in [0.15, 0.2) is 4.99 Å². The first-order chi connectivity index (χ1) is 12.7. The Bertz CT molecular complexity index is 444. The minimum Gasteiger partial charge on any atom is -0.357 e. The van der Waals surface area contributed by atoms with E-state index in [-0.39, 0.29) is 0 Å². The lowest BCUT2D eigenvalue weighted by Crippen LogP contribution is -2.41. The maximum absolute atomic E-state index is 4.99. The van der Waals surface area contributed by atoms with E-state index in [0.717, 1.165) is 13.1 Å². The molecule has 1 N–H and O–H groups in total. The van der Waals surface area contributed by atoms with Crippen LogP contribution >= 0.6 is 0 Å². The molecule has 2 saturated heterocycles. The molecule has 3 rings (SSSR count). The Hall–Kier alpha value is -0.810. The van der Waals surface area contributed by atoms with Gasteiger partial charge in [-0.25, -0.2) is 0 Å². The molecule has 2 aliphatic heterocycles. The van der Waals surface area contributed by atoms with Crippen LogP contribution in [0.5, 0.6) is 0 Å². The van der Waals surface area contributed by atoms with Gasteiger partial charge in [0.25, 0.3) is 0 Å². The molecule has 1 aliphatic carbocycles. The lowest BCUT2D eigenvalue weighted by atomic mass is 9.73. The number of nitrogens with zero attached hydrogens (tertiary/aromatic N) is 4. The highest BCUT2D eigenvalue weighted by molar-refractivity contribution is 5.80. The average Bonchev–Trinajstić information content (AvgIpc) is 2.93. The zero-order valence-corrected chi connectivity index (χ0v) is 17.3. The predicted octanol–water partition coefficient (Wildman–Crippen LogP) is 2.64. The van der Waals surface area contributed by atoms with Crippen molar-refractivity contribution in [1.29, 1.82) is 0 Å². The highest BCUT2D eigenvalue weighted by Crippen LogP contribution is 2.43. The molecule has 0 unspecified atom stereocenters. The molecule has 3 fully saturated rings. The molecule has 5 heteroatoms. The van der Waals surface area contributed by atoms with Gasteiger partial charge in [-0.2, -0.15) is 0 Å². The number of likely N-dealkylation sites (N-methyl/N-ethyl adjacent to an activating group) is 1. The normalized spacial score (nSPS) is 25.6. The van der Waals surface area contributed by atoms with Crippen molar-refractivity contribution in [2.24, 2.45) is 10.4 Å². The van der Waals surface area contributed by atoms with Gasteiger partial charge >= 0.3 is 0 Å². The van der Waals surface area contributed by atoms with Gasteiger partial charge in [-0.15, -0.1) is 0 Å². The van der Waals surface area contributed by atoms with Crippen molar-refractivity contribution in [3.8, 4) is 0 Å². The van der Waals surface area contributed by atoms with Crippen LogP contribution in [0.4, 0.5) is 0 Å². The Labute approximate surface area is 161 Å². The van der Waals surface area contributed by atoms with E-state index >= 15 is 0 Å². The van der Waals surface area contributed by atoms with Gasteiger partial charge in [-0.1, -0.05) is 19.3 Å². The Morgan fingerprint density at radius 2 is 1.81 bits per heavy atom. The van der Waals surface area contributed by atoms with E-state index in [9.17, 15) is 0 Å². The predicted molar refractivity (Wildman–Crippen MR) is 111 cm³/mol. The molecule has 0 bridgehead atoms. The summed E-state index contributed by atoms with van der Waals surface area (Å²) in [5, 5.41) is 3.56. The van der Waals surface area contributed by atoms with Crippen molar-refractivity contribution in [2.45, 2.75) is 58.3 Å². The number of rotatable bonds is 5. The van der Waals surface area contributed by atoms with Gasteiger partial charge in [0.15, 0.2) is 5.96 Å². The molecule has 5 nitrogen and oxygen atoms in total. The van der Waals surface area contributed by atoms with Crippen LogP contribution in [0, 0.1) is 5.41 Å². The molecule has 0 amide bonds. The van der Waals surface area contributed by atoms with Crippen molar-refractivity contribution < 1.29 is 0 Å². The molecule has 0 aromatic carbocycles. The maximum atomic E-state index is 4.99. The second-order valence-corrected chi connectivity index (χ2v) is 8.82. The molecule has 0 aromatic heterocycles. The molecule has 1 saturated carbocycles. The fraction of sp³-hybridized carbons (Fsp3) is 0.952. The maximum Gasteiger partial charge on any atom is 0.193 e. The average molecular weight is 364 g/mol. The third-order valence-electron chi connectivity index (χ3n) is 6.69. The first-order valence-electron chi connectivity index (χ1n) is 11.1. The van der Waals surface area contributed by atoms with Gasteiger partial charge in [-0.05, 0) is 71.1 Å².